The molecule has 1 unspecified atom stereocenters. The Morgan fingerprint density at radius 3 is 2.15 bits per heavy atom. The van der Waals surface area contributed by atoms with E-state index in [2.05, 4.69) is 0 Å². The highest BCUT2D eigenvalue weighted by Crippen LogP contribution is 2.22. The van der Waals surface area contributed by atoms with Crippen molar-refractivity contribution in [2.24, 2.45) is 0 Å². The maximum Gasteiger partial charge on any atom is 0.321 e. The fourth-order valence-electron chi connectivity index (χ4n) is 3.23. The van der Waals surface area contributed by atoms with Crippen LogP contribution in [0.25, 0.3) is 0 Å². The van der Waals surface area contributed by atoms with Crippen LogP contribution in [0.3, 0.4) is 0 Å². The highest BCUT2D eigenvalue weighted by molar-refractivity contribution is 5.98. The van der Waals surface area contributed by atoms with Crippen molar-refractivity contribution in [3.05, 3.63) is 60.2 Å². The van der Waals surface area contributed by atoms with E-state index in [9.17, 15) is 14.7 Å². The Balaban J connectivity index is 1.64. The number of para-hydroxylation sites is 1. The van der Waals surface area contributed by atoms with E-state index >= 15 is 0 Å². The first kappa shape index (κ1) is 18.1. The summed E-state index contributed by atoms with van der Waals surface area (Å²) in [6, 6.07) is 15.5. The topological polar surface area (TPSA) is 66.8 Å². The number of hydrogen-bond donors (Lipinski definition) is 1. The van der Waals surface area contributed by atoms with Crippen molar-refractivity contribution in [2.45, 2.75) is 31.7 Å². The standard InChI is InChI=1S/C21H23NO4/c23-20(15-19(21(24)25)22-13-5-2-6-14-22)16-9-11-18(12-10-16)26-17-7-3-1-4-8-17/h1,3-4,7-12,19H,2,5-6,13-15H2,(H,24,25). The van der Waals surface area contributed by atoms with Crippen molar-refractivity contribution in [2.75, 3.05) is 13.1 Å². The van der Waals surface area contributed by atoms with E-state index < -0.39 is 12.0 Å². The molecule has 2 aromatic rings. The molecule has 1 aliphatic heterocycles. The van der Waals surface area contributed by atoms with Gasteiger partial charge in [0, 0.05) is 12.0 Å². The number of piperidine rings is 1. The predicted molar refractivity (Wildman–Crippen MR) is 98.8 cm³/mol. The monoisotopic (exact) mass is 353 g/mol. The number of nitrogens with zero attached hydrogens (tertiary/aromatic N) is 1. The van der Waals surface area contributed by atoms with E-state index in [1.165, 1.54) is 0 Å². The Bertz CT molecular complexity index is 736. The van der Waals surface area contributed by atoms with E-state index in [-0.39, 0.29) is 12.2 Å². The number of likely N-dealkylation sites (tertiary alicyclic amines) is 1. The van der Waals surface area contributed by atoms with Gasteiger partial charge in [0.15, 0.2) is 5.78 Å². The van der Waals surface area contributed by atoms with E-state index in [1.807, 2.05) is 35.2 Å². The lowest BCUT2D eigenvalue weighted by Gasteiger charge is -2.31. The van der Waals surface area contributed by atoms with Crippen LogP contribution in [0.4, 0.5) is 0 Å². The molecule has 2 aromatic carbocycles. The molecular weight excluding hydrogens is 330 g/mol. The molecule has 0 aliphatic carbocycles. The Labute approximate surface area is 153 Å². The van der Waals surface area contributed by atoms with Crippen LogP contribution in [0, 0.1) is 0 Å². The zero-order valence-electron chi connectivity index (χ0n) is 14.6. The van der Waals surface area contributed by atoms with Gasteiger partial charge in [-0.1, -0.05) is 24.6 Å². The van der Waals surface area contributed by atoms with Crippen LogP contribution < -0.4 is 4.74 Å². The van der Waals surface area contributed by atoms with Gasteiger partial charge in [0.1, 0.15) is 17.5 Å². The summed E-state index contributed by atoms with van der Waals surface area (Å²) in [6.45, 7) is 1.49. The third kappa shape index (κ3) is 4.70. The van der Waals surface area contributed by atoms with E-state index in [4.69, 9.17) is 4.74 Å². The number of carbonyl (C=O) groups excluding carboxylic acids is 1. The number of carbonyl (C=O) groups is 2. The van der Waals surface area contributed by atoms with Crippen LogP contribution in [0.5, 0.6) is 11.5 Å². The number of aliphatic carboxylic acids is 1. The second-order valence-electron chi connectivity index (χ2n) is 6.52. The molecule has 0 bridgehead atoms. The molecule has 5 heteroatoms. The van der Waals surface area contributed by atoms with Crippen molar-refractivity contribution >= 4 is 11.8 Å². The van der Waals surface area contributed by atoms with Gasteiger partial charge in [0.25, 0.3) is 0 Å². The molecule has 0 amide bonds. The maximum atomic E-state index is 12.5. The summed E-state index contributed by atoms with van der Waals surface area (Å²) >= 11 is 0. The number of rotatable bonds is 7. The molecule has 136 valence electrons. The fraction of sp³-hybridized carbons (Fsp3) is 0.333. The summed E-state index contributed by atoms with van der Waals surface area (Å²) in [4.78, 5) is 26.1. The second kappa shape index (κ2) is 8.63. The lowest BCUT2D eigenvalue weighted by atomic mass is 10.0. The first-order chi connectivity index (χ1) is 12.6. The molecule has 1 N–H and O–H groups in total. The zero-order chi connectivity index (χ0) is 18.4. The van der Waals surface area contributed by atoms with Gasteiger partial charge >= 0.3 is 5.97 Å². The van der Waals surface area contributed by atoms with Gasteiger partial charge in [0.2, 0.25) is 0 Å². The van der Waals surface area contributed by atoms with Gasteiger partial charge in [-0.3, -0.25) is 14.5 Å². The van der Waals surface area contributed by atoms with E-state index in [0.29, 0.717) is 11.3 Å². The lowest BCUT2D eigenvalue weighted by Crippen LogP contribution is -2.45. The van der Waals surface area contributed by atoms with Crippen LogP contribution in [0.1, 0.15) is 36.0 Å². The number of benzene rings is 2. The number of hydrogen-bond acceptors (Lipinski definition) is 4. The van der Waals surface area contributed by atoms with Crippen molar-refractivity contribution in [1.29, 1.82) is 0 Å². The van der Waals surface area contributed by atoms with Crippen molar-refractivity contribution < 1.29 is 19.4 Å². The third-order valence-corrected chi connectivity index (χ3v) is 4.65. The minimum atomic E-state index is -0.927. The number of carboxylic acid groups (broad SMARTS) is 1. The van der Waals surface area contributed by atoms with Gasteiger partial charge in [-0.25, -0.2) is 0 Å². The SMILES string of the molecule is O=C(CC(C(=O)O)N1CCCCC1)c1ccc(Oc2ccccc2)cc1. The maximum absolute atomic E-state index is 12.5. The Kier molecular flexibility index (Phi) is 6.02. The van der Waals surface area contributed by atoms with Gasteiger partial charge < -0.3 is 9.84 Å². The molecule has 0 saturated carbocycles. The molecule has 1 fully saturated rings. The van der Waals surface area contributed by atoms with Crippen molar-refractivity contribution in [3.8, 4) is 11.5 Å². The molecule has 0 radical (unpaired) electrons. The van der Waals surface area contributed by atoms with E-state index in [1.54, 1.807) is 24.3 Å². The van der Waals surface area contributed by atoms with Crippen LogP contribution in [0.2, 0.25) is 0 Å². The van der Waals surface area contributed by atoms with Crippen LogP contribution >= 0.6 is 0 Å². The summed E-state index contributed by atoms with van der Waals surface area (Å²) in [5.74, 6) is 0.277. The molecule has 1 saturated heterocycles. The summed E-state index contributed by atoms with van der Waals surface area (Å²) < 4.78 is 5.71. The average molecular weight is 353 g/mol. The van der Waals surface area contributed by atoms with Gasteiger partial charge in [-0.2, -0.15) is 0 Å². The summed E-state index contributed by atoms with van der Waals surface area (Å²) in [6.07, 6.45) is 3.10. The Hall–Kier alpha value is -2.66. The third-order valence-electron chi connectivity index (χ3n) is 4.65. The molecule has 26 heavy (non-hydrogen) atoms. The zero-order valence-corrected chi connectivity index (χ0v) is 14.6. The summed E-state index contributed by atoms with van der Waals surface area (Å²) in [7, 11) is 0. The highest BCUT2D eigenvalue weighted by atomic mass is 16.5. The predicted octanol–water partition coefficient (Wildman–Crippen LogP) is 3.99. The lowest BCUT2D eigenvalue weighted by molar-refractivity contribution is -0.143. The summed E-state index contributed by atoms with van der Waals surface area (Å²) in [5.41, 5.74) is 0.508. The van der Waals surface area contributed by atoms with Gasteiger partial charge in [0.05, 0.1) is 0 Å². The molecular formula is C21H23NO4. The first-order valence-corrected chi connectivity index (χ1v) is 8.96. The van der Waals surface area contributed by atoms with Crippen LogP contribution in [-0.4, -0.2) is 40.9 Å². The second-order valence-corrected chi connectivity index (χ2v) is 6.52. The molecule has 1 atom stereocenters. The molecule has 5 nitrogen and oxygen atoms in total. The van der Waals surface area contributed by atoms with Crippen molar-refractivity contribution in [1.82, 2.24) is 4.90 Å². The fourth-order valence-corrected chi connectivity index (χ4v) is 3.23. The minimum Gasteiger partial charge on any atom is -0.480 e. The minimum absolute atomic E-state index is 0.00573. The smallest absolute Gasteiger partial charge is 0.321 e. The molecule has 1 aliphatic rings. The summed E-state index contributed by atoms with van der Waals surface area (Å²) in [5, 5.41) is 9.52. The van der Waals surface area contributed by atoms with Crippen molar-refractivity contribution in [3.63, 3.8) is 0 Å². The Morgan fingerprint density at radius 1 is 0.923 bits per heavy atom. The van der Waals surface area contributed by atoms with Gasteiger partial charge in [-0.15, -0.1) is 0 Å². The number of carboxylic acids is 1. The highest BCUT2D eigenvalue weighted by Gasteiger charge is 2.29. The Morgan fingerprint density at radius 2 is 1.54 bits per heavy atom. The van der Waals surface area contributed by atoms with Crippen LogP contribution in [0.15, 0.2) is 54.6 Å². The number of ketones is 1. The number of Topliss-reactive ketones (excluding diaryl/α,β-unsaturated/α-hetero) is 1. The molecule has 1 heterocycles. The quantitative estimate of drug-likeness (QED) is 0.762. The normalized spacial score (nSPS) is 16.0. The average Bonchev–Trinajstić information content (AvgIpc) is 2.68. The molecule has 3 rings (SSSR count). The molecule has 0 spiro atoms. The van der Waals surface area contributed by atoms with Gasteiger partial charge in [-0.05, 0) is 62.3 Å². The number of ether oxygens (including phenoxy) is 1. The largest absolute Gasteiger partial charge is 0.480 e. The van der Waals surface area contributed by atoms with E-state index in [0.717, 1.165) is 38.1 Å². The molecule has 0 aromatic heterocycles. The van der Waals surface area contributed by atoms with Crippen LogP contribution in [-0.2, 0) is 4.79 Å². The first-order valence-electron chi connectivity index (χ1n) is 8.96.